The van der Waals surface area contributed by atoms with Crippen molar-refractivity contribution in [1.29, 1.82) is 0 Å². The molecule has 2 aromatic heterocycles. The first-order valence-corrected chi connectivity index (χ1v) is 7.36. The molecule has 0 unspecified atom stereocenters. The number of hydrogen-bond acceptors (Lipinski definition) is 5. The third-order valence-electron chi connectivity index (χ3n) is 2.17. The number of halogens is 1. The van der Waals surface area contributed by atoms with E-state index in [1.165, 1.54) is 11.3 Å². The molecule has 6 heteroatoms. The molecular formula is C12H11BrN2O2S. The van der Waals surface area contributed by atoms with Crippen LogP contribution in [-0.2, 0) is 10.1 Å². The lowest BCUT2D eigenvalue weighted by atomic mass is 10.4. The molecular weight excluding hydrogens is 316 g/mol. The smallest absolute Gasteiger partial charge is 0.311 e. The summed E-state index contributed by atoms with van der Waals surface area (Å²) in [5.41, 5.74) is 1.51. The van der Waals surface area contributed by atoms with Crippen molar-refractivity contribution in [3.63, 3.8) is 0 Å². The maximum absolute atomic E-state index is 11.3. The number of aromatic nitrogens is 2. The summed E-state index contributed by atoms with van der Waals surface area (Å²) in [5, 5.41) is 1.84. The number of hydrogen-bond donors (Lipinski definition) is 0. The van der Waals surface area contributed by atoms with Crippen LogP contribution in [0.4, 0.5) is 0 Å². The standard InChI is InChI=1S/C12H11BrN2O2S/c1-2-10(16)17-12-9(7-13)15-11(18-12)8-5-3-4-6-14-8/h3-6H,2,7H2,1H3. The lowest BCUT2D eigenvalue weighted by Gasteiger charge is -1.99. The van der Waals surface area contributed by atoms with Crippen LogP contribution in [-0.4, -0.2) is 15.9 Å². The van der Waals surface area contributed by atoms with Crippen molar-refractivity contribution in [2.24, 2.45) is 0 Å². The zero-order valence-corrected chi connectivity index (χ0v) is 12.1. The van der Waals surface area contributed by atoms with Gasteiger partial charge in [-0.1, -0.05) is 40.3 Å². The number of rotatable bonds is 4. The van der Waals surface area contributed by atoms with Crippen LogP contribution in [0.25, 0.3) is 10.7 Å². The lowest BCUT2D eigenvalue weighted by Crippen LogP contribution is -2.05. The largest absolute Gasteiger partial charge is 0.413 e. The van der Waals surface area contributed by atoms with Gasteiger partial charge in [-0.15, -0.1) is 0 Å². The average Bonchev–Trinajstić information content (AvgIpc) is 2.82. The Morgan fingerprint density at radius 3 is 2.94 bits per heavy atom. The first kappa shape index (κ1) is 13.2. The molecule has 0 saturated carbocycles. The summed E-state index contributed by atoms with van der Waals surface area (Å²) in [5.74, 6) is -0.256. The molecule has 2 heterocycles. The highest BCUT2D eigenvalue weighted by molar-refractivity contribution is 9.08. The van der Waals surface area contributed by atoms with E-state index < -0.39 is 0 Å². The molecule has 0 N–H and O–H groups in total. The van der Waals surface area contributed by atoms with E-state index in [1.807, 2.05) is 18.2 Å². The molecule has 0 spiro atoms. The van der Waals surface area contributed by atoms with E-state index in [1.54, 1.807) is 13.1 Å². The van der Waals surface area contributed by atoms with E-state index in [2.05, 4.69) is 25.9 Å². The summed E-state index contributed by atoms with van der Waals surface area (Å²) in [6.45, 7) is 1.76. The fourth-order valence-corrected chi connectivity index (χ4v) is 2.77. The molecule has 0 aliphatic heterocycles. The van der Waals surface area contributed by atoms with Gasteiger partial charge in [0.25, 0.3) is 0 Å². The Kier molecular flexibility index (Phi) is 4.43. The fourth-order valence-electron chi connectivity index (χ4n) is 1.28. The van der Waals surface area contributed by atoms with Crippen LogP contribution in [0.5, 0.6) is 5.06 Å². The zero-order valence-electron chi connectivity index (χ0n) is 9.72. The van der Waals surface area contributed by atoms with Crippen molar-refractivity contribution in [2.75, 3.05) is 0 Å². The minimum absolute atomic E-state index is 0.256. The van der Waals surface area contributed by atoms with Crippen molar-refractivity contribution in [3.05, 3.63) is 30.1 Å². The predicted octanol–water partition coefficient (Wildman–Crippen LogP) is 3.42. The van der Waals surface area contributed by atoms with Gasteiger partial charge in [-0.05, 0) is 12.1 Å². The lowest BCUT2D eigenvalue weighted by molar-refractivity contribution is -0.133. The molecule has 18 heavy (non-hydrogen) atoms. The highest BCUT2D eigenvalue weighted by Crippen LogP contribution is 2.34. The minimum atomic E-state index is -0.256. The Bertz CT molecular complexity index is 542. The second kappa shape index (κ2) is 6.06. The number of nitrogens with zero attached hydrogens (tertiary/aromatic N) is 2. The van der Waals surface area contributed by atoms with Gasteiger partial charge in [-0.3, -0.25) is 9.78 Å². The Morgan fingerprint density at radius 1 is 1.50 bits per heavy atom. The van der Waals surface area contributed by atoms with Gasteiger partial charge in [0.15, 0.2) is 0 Å². The number of ether oxygens (including phenoxy) is 1. The van der Waals surface area contributed by atoms with Crippen LogP contribution in [0.15, 0.2) is 24.4 Å². The Balaban J connectivity index is 2.32. The summed E-state index contributed by atoms with van der Waals surface area (Å²) in [7, 11) is 0. The topological polar surface area (TPSA) is 52.1 Å². The monoisotopic (exact) mass is 326 g/mol. The zero-order chi connectivity index (χ0) is 13.0. The number of pyridine rings is 1. The van der Waals surface area contributed by atoms with Crippen LogP contribution in [0.2, 0.25) is 0 Å². The average molecular weight is 327 g/mol. The van der Waals surface area contributed by atoms with Crippen LogP contribution < -0.4 is 4.74 Å². The van der Waals surface area contributed by atoms with Crippen LogP contribution in [0.1, 0.15) is 19.0 Å². The van der Waals surface area contributed by atoms with Gasteiger partial charge in [-0.25, -0.2) is 4.98 Å². The van der Waals surface area contributed by atoms with E-state index in [4.69, 9.17) is 4.74 Å². The molecule has 0 aliphatic rings. The van der Waals surface area contributed by atoms with Gasteiger partial charge in [0.05, 0.1) is 11.0 Å². The highest BCUT2D eigenvalue weighted by Gasteiger charge is 2.15. The SMILES string of the molecule is CCC(=O)Oc1sc(-c2ccccn2)nc1CBr. The highest BCUT2D eigenvalue weighted by atomic mass is 79.9. The van der Waals surface area contributed by atoms with Crippen molar-refractivity contribution in [1.82, 2.24) is 9.97 Å². The van der Waals surface area contributed by atoms with Gasteiger partial charge in [-0.2, -0.15) is 0 Å². The molecule has 0 fully saturated rings. The number of carbonyl (C=O) groups excluding carboxylic acids is 1. The summed E-state index contributed by atoms with van der Waals surface area (Å²) in [6.07, 6.45) is 2.06. The quantitative estimate of drug-likeness (QED) is 0.638. The van der Waals surface area contributed by atoms with Crippen LogP contribution in [0, 0.1) is 0 Å². The molecule has 2 aromatic rings. The predicted molar refractivity (Wildman–Crippen MR) is 73.9 cm³/mol. The molecule has 0 aromatic carbocycles. The number of esters is 1. The van der Waals surface area contributed by atoms with E-state index in [-0.39, 0.29) is 5.97 Å². The Labute approximate surface area is 117 Å². The Hall–Kier alpha value is -1.27. The molecule has 2 rings (SSSR count). The third-order valence-corrected chi connectivity index (χ3v) is 3.70. The van der Waals surface area contributed by atoms with E-state index in [9.17, 15) is 4.79 Å². The van der Waals surface area contributed by atoms with E-state index >= 15 is 0 Å². The van der Waals surface area contributed by atoms with Crippen molar-refractivity contribution in [2.45, 2.75) is 18.7 Å². The first-order chi connectivity index (χ1) is 8.74. The molecule has 94 valence electrons. The van der Waals surface area contributed by atoms with Crippen molar-refractivity contribution >= 4 is 33.2 Å². The first-order valence-electron chi connectivity index (χ1n) is 5.42. The second-order valence-electron chi connectivity index (χ2n) is 3.43. The van der Waals surface area contributed by atoms with Crippen molar-refractivity contribution < 1.29 is 9.53 Å². The van der Waals surface area contributed by atoms with E-state index in [0.29, 0.717) is 16.8 Å². The Morgan fingerprint density at radius 2 is 2.33 bits per heavy atom. The molecule has 0 atom stereocenters. The maximum atomic E-state index is 11.3. The van der Waals surface area contributed by atoms with Crippen molar-refractivity contribution in [3.8, 4) is 15.8 Å². The van der Waals surface area contributed by atoms with Gasteiger partial charge in [0, 0.05) is 12.6 Å². The number of thiazole rings is 1. The van der Waals surface area contributed by atoms with Gasteiger partial charge in [0.2, 0.25) is 5.06 Å². The summed E-state index contributed by atoms with van der Waals surface area (Å²) in [4.78, 5) is 20.0. The molecule has 0 amide bonds. The van der Waals surface area contributed by atoms with Gasteiger partial charge < -0.3 is 4.74 Å². The fraction of sp³-hybridized carbons (Fsp3) is 0.250. The molecule has 0 saturated heterocycles. The molecule has 4 nitrogen and oxygen atoms in total. The normalized spacial score (nSPS) is 10.3. The van der Waals surface area contributed by atoms with Crippen LogP contribution >= 0.6 is 27.3 Å². The molecule has 0 aliphatic carbocycles. The number of carbonyl (C=O) groups is 1. The van der Waals surface area contributed by atoms with Gasteiger partial charge in [0.1, 0.15) is 10.7 Å². The summed E-state index contributed by atoms with van der Waals surface area (Å²) < 4.78 is 5.25. The number of alkyl halides is 1. The second-order valence-corrected chi connectivity index (χ2v) is 4.95. The summed E-state index contributed by atoms with van der Waals surface area (Å²) >= 11 is 4.67. The van der Waals surface area contributed by atoms with Gasteiger partial charge >= 0.3 is 5.97 Å². The molecule has 0 bridgehead atoms. The van der Waals surface area contributed by atoms with E-state index in [0.717, 1.165) is 16.4 Å². The molecule has 0 radical (unpaired) electrons. The van der Waals surface area contributed by atoms with Crippen LogP contribution in [0.3, 0.4) is 0 Å². The minimum Gasteiger partial charge on any atom is -0.413 e. The summed E-state index contributed by atoms with van der Waals surface area (Å²) in [6, 6.07) is 5.62. The maximum Gasteiger partial charge on any atom is 0.311 e. The third kappa shape index (κ3) is 2.94.